The number of phenolic OH excluding ortho intramolecular Hbond substituents is 2. The molecule has 2 N–H and O–H groups in total. The van der Waals surface area contributed by atoms with E-state index in [1.807, 2.05) is 48.2 Å². The number of benzene rings is 2. The second-order valence-corrected chi connectivity index (χ2v) is 9.82. The topological polar surface area (TPSA) is 40.5 Å². The maximum Gasteiger partial charge on any atom is 0.119 e. The average molecular weight is 443 g/mol. The number of unbranched alkanes of at least 4 members (excludes halogenated alkanes) is 6. The molecule has 0 aliphatic rings. The molecule has 2 unspecified atom stereocenters. The molecule has 0 fully saturated rings. The highest BCUT2D eigenvalue weighted by Gasteiger charge is 2.19. The van der Waals surface area contributed by atoms with Crippen LogP contribution in [0.15, 0.2) is 48.5 Å². The predicted molar refractivity (Wildman–Crippen MR) is 137 cm³/mol. The number of rotatable bonds is 16. The summed E-state index contributed by atoms with van der Waals surface area (Å²) in [6.45, 7) is 4.49. The second-order valence-electron chi connectivity index (χ2n) is 8.75. The van der Waals surface area contributed by atoms with Gasteiger partial charge in [0.1, 0.15) is 11.5 Å². The molecule has 0 aliphatic carbocycles. The zero-order chi connectivity index (χ0) is 22.3. The van der Waals surface area contributed by atoms with Crippen LogP contribution < -0.4 is 0 Å². The van der Waals surface area contributed by atoms with E-state index in [0.717, 1.165) is 35.5 Å². The number of phenols is 2. The Hall–Kier alpha value is -1.61. The molecule has 2 rings (SSSR count). The van der Waals surface area contributed by atoms with Gasteiger partial charge in [0.25, 0.3) is 0 Å². The van der Waals surface area contributed by atoms with Gasteiger partial charge < -0.3 is 10.2 Å². The van der Waals surface area contributed by atoms with Crippen LogP contribution in [0.5, 0.6) is 11.5 Å². The van der Waals surface area contributed by atoms with E-state index in [-0.39, 0.29) is 0 Å². The molecule has 2 aromatic carbocycles. The molecule has 2 aromatic rings. The van der Waals surface area contributed by atoms with Crippen molar-refractivity contribution >= 4 is 11.8 Å². The summed E-state index contributed by atoms with van der Waals surface area (Å²) in [6.07, 6.45) is 12.3. The predicted octanol–water partition coefficient (Wildman–Crippen LogP) is 8.64. The van der Waals surface area contributed by atoms with Gasteiger partial charge in [-0.15, -0.1) is 0 Å². The van der Waals surface area contributed by atoms with Crippen molar-refractivity contribution in [3.63, 3.8) is 0 Å². The fourth-order valence-corrected chi connectivity index (χ4v) is 5.71. The van der Waals surface area contributed by atoms with Crippen LogP contribution >= 0.6 is 11.8 Å². The van der Waals surface area contributed by atoms with Crippen LogP contribution in [0.2, 0.25) is 0 Å². The number of hydrogen-bond donors (Lipinski definition) is 2. The van der Waals surface area contributed by atoms with E-state index >= 15 is 0 Å². The van der Waals surface area contributed by atoms with Gasteiger partial charge >= 0.3 is 0 Å². The van der Waals surface area contributed by atoms with Gasteiger partial charge in [0.15, 0.2) is 0 Å². The molecule has 172 valence electrons. The number of para-hydroxylation sites is 2. The zero-order valence-electron chi connectivity index (χ0n) is 19.6. The molecular weight excluding hydrogens is 400 g/mol. The smallest absolute Gasteiger partial charge is 0.119 e. The van der Waals surface area contributed by atoms with Crippen molar-refractivity contribution in [2.24, 2.45) is 0 Å². The molecule has 0 heterocycles. The third-order valence-electron chi connectivity index (χ3n) is 6.20. The summed E-state index contributed by atoms with van der Waals surface area (Å²) in [5.74, 6) is 3.66. The van der Waals surface area contributed by atoms with Gasteiger partial charge in [-0.05, 0) is 47.9 Å². The van der Waals surface area contributed by atoms with Crippen LogP contribution in [0.1, 0.15) is 101 Å². The molecule has 2 atom stereocenters. The van der Waals surface area contributed by atoms with Crippen molar-refractivity contribution in [3.05, 3.63) is 59.7 Å². The molecular formula is C28H42O2S. The number of thioether (sulfide) groups is 1. The van der Waals surface area contributed by atoms with Gasteiger partial charge in [0, 0.05) is 11.5 Å². The Morgan fingerprint density at radius 3 is 1.42 bits per heavy atom. The monoisotopic (exact) mass is 442 g/mol. The Balaban J connectivity index is 2.00. The highest BCUT2D eigenvalue weighted by atomic mass is 32.2. The molecule has 0 bridgehead atoms. The Bertz CT molecular complexity index is 669. The summed E-state index contributed by atoms with van der Waals surface area (Å²) in [6, 6.07) is 15.7. The van der Waals surface area contributed by atoms with Crippen LogP contribution in [-0.2, 0) is 0 Å². The van der Waals surface area contributed by atoms with Crippen molar-refractivity contribution in [2.75, 3.05) is 11.5 Å². The van der Waals surface area contributed by atoms with E-state index < -0.39 is 0 Å². The Morgan fingerprint density at radius 2 is 1.03 bits per heavy atom. The van der Waals surface area contributed by atoms with Crippen molar-refractivity contribution in [1.82, 2.24) is 0 Å². The summed E-state index contributed by atoms with van der Waals surface area (Å²) in [4.78, 5) is 0. The number of aromatic hydroxyl groups is 2. The first-order valence-electron chi connectivity index (χ1n) is 12.3. The summed E-state index contributed by atoms with van der Waals surface area (Å²) in [7, 11) is 0. The number of hydrogen-bond acceptors (Lipinski definition) is 3. The van der Waals surface area contributed by atoms with E-state index in [0.29, 0.717) is 23.3 Å². The lowest BCUT2D eigenvalue weighted by Crippen LogP contribution is -2.08. The highest BCUT2D eigenvalue weighted by Crippen LogP contribution is 2.36. The van der Waals surface area contributed by atoms with Crippen LogP contribution in [0.3, 0.4) is 0 Å². The molecule has 0 aliphatic heterocycles. The quantitative estimate of drug-likeness (QED) is 0.256. The lowest BCUT2D eigenvalue weighted by molar-refractivity contribution is 0.458. The molecule has 3 heteroatoms. The second kappa shape index (κ2) is 15.2. The first-order valence-corrected chi connectivity index (χ1v) is 13.5. The van der Waals surface area contributed by atoms with Crippen LogP contribution in [0.4, 0.5) is 0 Å². The minimum Gasteiger partial charge on any atom is -0.508 e. The molecule has 2 nitrogen and oxygen atoms in total. The minimum atomic E-state index is 0.383. The molecule has 31 heavy (non-hydrogen) atoms. The van der Waals surface area contributed by atoms with Gasteiger partial charge in [0.05, 0.1) is 0 Å². The van der Waals surface area contributed by atoms with Crippen molar-refractivity contribution in [1.29, 1.82) is 0 Å². The first kappa shape index (κ1) is 25.6. The summed E-state index contributed by atoms with van der Waals surface area (Å²) >= 11 is 1.98. The third kappa shape index (κ3) is 9.19. The van der Waals surface area contributed by atoms with E-state index in [1.54, 1.807) is 0 Å². The highest BCUT2D eigenvalue weighted by molar-refractivity contribution is 7.99. The minimum absolute atomic E-state index is 0.383. The lowest BCUT2D eigenvalue weighted by atomic mass is 9.93. The first-order chi connectivity index (χ1) is 15.2. The van der Waals surface area contributed by atoms with Gasteiger partial charge in [-0.25, -0.2) is 0 Å². The van der Waals surface area contributed by atoms with Gasteiger partial charge in [-0.2, -0.15) is 11.8 Å². The van der Waals surface area contributed by atoms with Gasteiger partial charge in [-0.3, -0.25) is 0 Å². The Kier molecular flexibility index (Phi) is 12.6. The summed E-state index contributed by atoms with van der Waals surface area (Å²) in [5.41, 5.74) is 2.18. The van der Waals surface area contributed by atoms with Crippen LogP contribution in [0, 0.1) is 0 Å². The van der Waals surface area contributed by atoms with E-state index in [9.17, 15) is 10.2 Å². The van der Waals surface area contributed by atoms with Gasteiger partial charge in [0.2, 0.25) is 0 Å². The Labute approximate surface area is 194 Å². The third-order valence-corrected chi connectivity index (χ3v) is 7.48. The maximum absolute atomic E-state index is 10.4. The molecule has 0 saturated heterocycles. The fourth-order valence-electron chi connectivity index (χ4n) is 4.31. The van der Waals surface area contributed by atoms with Crippen molar-refractivity contribution in [2.45, 2.75) is 89.9 Å². The summed E-state index contributed by atoms with van der Waals surface area (Å²) in [5, 5.41) is 20.9. The maximum atomic E-state index is 10.4. The van der Waals surface area contributed by atoms with Crippen LogP contribution in [0.25, 0.3) is 0 Å². The SMILES string of the molecule is CCCCCCC(CSCC(CCCCCC)c1ccccc1O)c1ccccc1O. The van der Waals surface area contributed by atoms with Crippen LogP contribution in [-0.4, -0.2) is 21.7 Å². The lowest BCUT2D eigenvalue weighted by Gasteiger charge is -2.22. The standard InChI is InChI=1S/C28H42O2S/c1-3-5-7-9-15-23(25-17-11-13-19-27(25)29)21-31-22-24(16-10-8-6-4-2)26-18-12-14-20-28(26)30/h11-14,17-20,23-24,29-30H,3-10,15-16,21-22H2,1-2H3. The summed E-state index contributed by atoms with van der Waals surface area (Å²) < 4.78 is 0. The van der Waals surface area contributed by atoms with E-state index in [1.165, 1.54) is 51.4 Å². The fraction of sp³-hybridized carbons (Fsp3) is 0.571. The zero-order valence-corrected chi connectivity index (χ0v) is 20.4. The Morgan fingerprint density at radius 1 is 0.613 bits per heavy atom. The molecule has 0 spiro atoms. The van der Waals surface area contributed by atoms with Gasteiger partial charge in [-0.1, -0.05) is 102 Å². The van der Waals surface area contributed by atoms with E-state index in [2.05, 4.69) is 26.0 Å². The molecule has 0 aromatic heterocycles. The van der Waals surface area contributed by atoms with E-state index in [4.69, 9.17) is 0 Å². The molecule has 0 radical (unpaired) electrons. The average Bonchev–Trinajstić information content (AvgIpc) is 2.78. The van der Waals surface area contributed by atoms with Crippen molar-refractivity contribution < 1.29 is 10.2 Å². The molecule has 0 saturated carbocycles. The molecule has 0 amide bonds. The van der Waals surface area contributed by atoms with Crippen molar-refractivity contribution in [3.8, 4) is 11.5 Å². The normalized spacial score (nSPS) is 13.2. The largest absolute Gasteiger partial charge is 0.508 e.